The molecule has 0 aromatic carbocycles. The van der Waals surface area contributed by atoms with Crippen LogP contribution in [0.3, 0.4) is 0 Å². The quantitative estimate of drug-likeness (QED) is 0.510. The molecule has 0 aromatic rings. The molecule has 0 spiro atoms. The number of carbonyl (C=O) groups excluding carboxylic acids is 2. The van der Waals surface area contributed by atoms with E-state index in [1.54, 1.807) is 12.0 Å². The number of amides is 2. The van der Waals surface area contributed by atoms with Crippen molar-refractivity contribution in [1.82, 2.24) is 15.1 Å². The fourth-order valence-electron chi connectivity index (χ4n) is 3.80. The van der Waals surface area contributed by atoms with Crippen LogP contribution in [0.25, 0.3) is 0 Å². The van der Waals surface area contributed by atoms with Gasteiger partial charge in [-0.15, -0.1) is 0 Å². The number of hydrogen-bond donors (Lipinski definition) is 3. The van der Waals surface area contributed by atoms with Gasteiger partial charge >= 0.3 is 6.09 Å². The molecule has 3 aliphatic rings. The monoisotopic (exact) mass is 445 g/mol. The third-order valence-corrected chi connectivity index (χ3v) is 5.48. The van der Waals surface area contributed by atoms with E-state index >= 15 is 0 Å². The lowest BCUT2D eigenvalue weighted by Gasteiger charge is -2.32. The zero-order chi connectivity index (χ0) is 22.9. The second-order valence-corrected chi connectivity index (χ2v) is 8.80. The molecule has 0 aromatic heterocycles. The number of aliphatic hydroxyl groups is 2. The molecule has 3 heterocycles. The van der Waals surface area contributed by atoms with Crippen molar-refractivity contribution in [2.24, 2.45) is 0 Å². The smallest absolute Gasteiger partial charge is 0.409 e. The Hall–Kier alpha value is -1.46. The first kappa shape index (κ1) is 25.8. The molecule has 2 amide bonds. The van der Waals surface area contributed by atoms with Crippen molar-refractivity contribution in [1.29, 1.82) is 0 Å². The molecule has 0 saturated carbocycles. The Morgan fingerprint density at radius 1 is 1.03 bits per heavy atom. The Kier molecular flexibility index (Phi) is 10.4. The summed E-state index contributed by atoms with van der Waals surface area (Å²) in [5, 5.41) is 19.5. The normalized spacial score (nSPS) is 24.7. The van der Waals surface area contributed by atoms with Crippen LogP contribution >= 0.6 is 0 Å². The number of methoxy groups -OCH3 is 1. The average Bonchev–Trinajstić information content (AvgIpc) is 3.41. The zero-order valence-electron chi connectivity index (χ0n) is 19.0. The van der Waals surface area contributed by atoms with Gasteiger partial charge in [-0.05, 0) is 46.0 Å². The summed E-state index contributed by atoms with van der Waals surface area (Å²) in [6, 6.07) is 0.284. The molecule has 31 heavy (non-hydrogen) atoms. The van der Waals surface area contributed by atoms with Gasteiger partial charge in [0.1, 0.15) is 6.61 Å². The van der Waals surface area contributed by atoms with Gasteiger partial charge in [0, 0.05) is 45.8 Å². The summed E-state index contributed by atoms with van der Waals surface area (Å²) >= 11 is 0. The molecule has 10 heteroatoms. The minimum Gasteiger partial charge on any atom is -0.447 e. The SMILES string of the molecule is CC(C)(O)O.COC1CCC(COC(=O)N2CCC(NCC(=O)N3CCCC3)CC2)O1. The van der Waals surface area contributed by atoms with E-state index < -0.39 is 5.79 Å². The van der Waals surface area contributed by atoms with Crippen molar-refractivity contribution < 1.29 is 34.0 Å². The first-order valence-corrected chi connectivity index (χ1v) is 11.2. The second-order valence-electron chi connectivity index (χ2n) is 8.80. The van der Waals surface area contributed by atoms with Crippen LogP contribution in [0.4, 0.5) is 4.79 Å². The van der Waals surface area contributed by atoms with Crippen molar-refractivity contribution in [3.63, 3.8) is 0 Å². The Bertz CT molecular complexity index is 550. The van der Waals surface area contributed by atoms with E-state index in [1.807, 2.05) is 4.90 Å². The highest BCUT2D eigenvalue weighted by molar-refractivity contribution is 5.78. The summed E-state index contributed by atoms with van der Waals surface area (Å²) in [5.41, 5.74) is 0. The first-order chi connectivity index (χ1) is 14.7. The number of nitrogens with zero attached hydrogens (tertiary/aromatic N) is 2. The maximum absolute atomic E-state index is 12.2. The summed E-state index contributed by atoms with van der Waals surface area (Å²) in [7, 11) is 1.62. The van der Waals surface area contributed by atoms with Crippen molar-refractivity contribution in [2.45, 2.75) is 76.6 Å². The Morgan fingerprint density at radius 3 is 2.19 bits per heavy atom. The molecule has 3 rings (SSSR count). The van der Waals surface area contributed by atoms with Crippen LogP contribution in [-0.4, -0.2) is 103 Å². The lowest BCUT2D eigenvalue weighted by atomic mass is 10.1. The highest BCUT2D eigenvalue weighted by atomic mass is 16.7. The fraction of sp³-hybridized carbons (Fsp3) is 0.905. The molecule has 2 unspecified atom stereocenters. The predicted molar refractivity (Wildman–Crippen MR) is 113 cm³/mol. The second kappa shape index (κ2) is 12.5. The fourth-order valence-corrected chi connectivity index (χ4v) is 3.80. The Labute approximate surface area is 184 Å². The Balaban J connectivity index is 0.000000614. The first-order valence-electron chi connectivity index (χ1n) is 11.2. The lowest BCUT2D eigenvalue weighted by Crippen LogP contribution is -2.47. The molecule has 3 saturated heterocycles. The van der Waals surface area contributed by atoms with Gasteiger partial charge in [0.05, 0.1) is 12.6 Å². The molecular weight excluding hydrogens is 406 g/mol. The average molecular weight is 446 g/mol. The molecule has 2 atom stereocenters. The van der Waals surface area contributed by atoms with Crippen LogP contribution in [0.1, 0.15) is 52.4 Å². The van der Waals surface area contributed by atoms with E-state index in [1.165, 1.54) is 13.8 Å². The van der Waals surface area contributed by atoms with Crippen molar-refractivity contribution in [3.05, 3.63) is 0 Å². The maximum Gasteiger partial charge on any atom is 0.409 e. The van der Waals surface area contributed by atoms with E-state index in [9.17, 15) is 9.59 Å². The topological polar surface area (TPSA) is 121 Å². The lowest BCUT2D eigenvalue weighted by molar-refractivity contribution is -0.129. The molecule has 0 bridgehead atoms. The molecular formula is C21H39N3O7. The van der Waals surface area contributed by atoms with Crippen LogP contribution in [0, 0.1) is 0 Å². The molecule has 3 fully saturated rings. The van der Waals surface area contributed by atoms with Gasteiger partial charge in [-0.2, -0.15) is 0 Å². The summed E-state index contributed by atoms with van der Waals surface area (Å²) in [6.45, 7) is 6.36. The standard InChI is InChI=1S/C18H31N3O5.C3H8O2/c1-24-17-5-4-15(26-17)13-25-18(23)21-10-6-14(7-11-21)19-12-16(22)20-8-2-3-9-20;1-3(2,4)5/h14-15,17,19H,2-13H2,1H3;4-5H,1-2H3. The third kappa shape index (κ3) is 10.1. The minimum absolute atomic E-state index is 0.0697. The van der Waals surface area contributed by atoms with Crippen molar-refractivity contribution in [3.8, 4) is 0 Å². The molecule has 10 nitrogen and oxygen atoms in total. The minimum atomic E-state index is -1.50. The third-order valence-electron chi connectivity index (χ3n) is 5.48. The number of likely N-dealkylation sites (tertiary alicyclic amines) is 2. The van der Waals surface area contributed by atoms with Gasteiger partial charge < -0.3 is 39.5 Å². The number of ether oxygens (including phenoxy) is 3. The van der Waals surface area contributed by atoms with Gasteiger partial charge in [-0.3, -0.25) is 4.79 Å². The van der Waals surface area contributed by atoms with E-state index in [0.29, 0.717) is 19.6 Å². The predicted octanol–water partition coefficient (Wildman–Crippen LogP) is 0.658. The largest absolute Gasteiger partial charge is 0.447 e. The van der Waals surface area contributed by atoms with Crippen LogP contribution in [0.2, 0.25) is 0 Å². The van der Waals surface area contributed by atoms with E-state index in [4.69, 9.17) is 24.4 Å². The van der Waals surface area contributed by atoms with Crippen molar-refractivity contribution in [2.75, 3.05) is 46.4 Å². The maximum atomic E-state index is 12.2. The van der Waals surface area contributed by atoms with Gasteiger partial charge in [0.2, 0.25) is 5.91 Å². The van der Waals surface area contributed by atoms with Gasteiger partial charge in [0.15, 0.2) is 12.1 Å². The van der Waals surface area contributed by atoms with Gasteiger partial charge in [0.25, 0.3) is 0 Å². The van der Waals surface area contributed by atoms with Crippen LogP contribution in [-0.2, 0) is 19.0 Å². The molecule has 3 aliphatic heterocycles. The molecule has 0 radical (unpaired) electrons. The number of carbonyl (C=O) groups is 2. The van der Waals surface area contributed by atoms with E-state index in [2.05, 4.69) is 5.32 Å². The molecule has 180 valence electrons. The van der Waals surface area contributed by atoms with E-state index in [0.717, 1.165) is 51.6 Å². The number of piperidine rings is 1. The molecule has 3 N–H and O–H groups in total. The number of rotatable bonds is 6. The summed E-state index contributed by atoms with van der Waals surface area (Å²) < 4.78 is 16.1. The highest BCUT2D eigenvalue weighted by Crippen LogP contribution is 2.20. The Morgan fingerprint density at radius 2 is 1.65 bits per heavy atom. The van der Waals surface area contributed by atoms with Crippen LogP contribution in [0.5, 0.6) is 0 Å². The van der Waals surface area contributed by atoms with Gasteiger partial charge in [-0.1, -0.05) is 0 Å². The van der Waals surface area contributed by atoms with Crippen molar-refractivity contribution >= 4 is 12.0 Å². The van der Waals surface area contributed by atoms with Crippen LogP contribution < -0.4 is 5.32 Å². The summed E-state index contributed by atoms with van der Waals surface area (Å²) in [4.78, 5) is 27.9. The summed E-state index contributed by atoms with van der Waals surface area (Å²) in [5.74, 6) is -1.31. The zero-order valence-corrected chi connectivity index (χ0v) is 19.0. The summed E-state index contributed by atoms with van der Waals surface area (Å²) in [6.07, 6.45) is 5.08. The number of hydrogen-bond acceptors (Lipinski definition) is 8. The number of nitrogens with one attached hydrogen (secondary N) is 1. The molecule has 0 aliphatic carbocycles. The van der Waals surface area contributed by atoms with Gasteiger partial charge in [-0.25, -0.2) is 4.79 Å². The van der Waals surface area contributed by atoms with Crippen LogP contribution in [0.15, 0.2) is 0 Å². The highest BCUT2D eigenvalue weighted by Gasteiger charge is 2.28. The van der Waals surface area contributed by atoms with E-state index in [-0.39, 0.29) is 37.0 Å².